The average molecular weight is 283 g/mol. The molecule has 0 radical (unpaired) electrons. The number of anilines is 2. The Morgan fingerprint density at radius 1 is 1.47 bits per heavy atom. The van der Waals surface area contributed by atoms with Crippen molar-refractivity contribution in [3.63, 3.8) is 0 Å². The van der Waals surface area contributed by atoms with Crippen molar-refractivity contribution in [3.8, 4) is 0 Å². The molecule has 1 heterocycles. The van der Waals surface area contributed by atoms with E-state index in [1.807, 2.05) is 13.0 Å². The van der Waals surface area contributed by atoms with Crippen molar-refractivity contribution < 1.29 is 13.2 Å². The molecule has 0 aromatic heterocycles. The van der Waals surface area contributed by atoms with Crippen molar-refractivity contribution >= 4 is 27.3 Å². The zero-order valence-corrected chi connectivity index (χ0v) is 11.5. The third kappa shape index (κ3) is 3.24. The molecule has 0 atom stereocenters. The van der Waals surface area contributed by atoms with Gasteiger partial charge in [-0.3, -0.25) is 4.79 Å². The normalized spacial score (nSPS) is 18.4. The fourth-order valence-corrected chi connectivity index (χ4v) is 3.49. The molecule has 0 unspecified atom stereocenters. The van der Waals surface area contributed by atoms with E-state index >= 15 is 0 Å². The van der Waals surface area contributed by atoms with Gasteiger partial charge in [0.25, 0.3) is 0 Å². The minimum Gasteiger partial charge on any atom is -0.397 e. The van der Waals surface area contributed by atoms with Gasteiger partial charge in [-0.1, -0.05) is 6.07 Å². The Morgan fingerprint density at radius 2 is 2.21 bits per heavy atom. The lowest BCUT2D eigenvalue weighted by atomic mass is 10.2. The SMILES string of the molecule is Cc1ccc(NC(=O)CN2CCCS2(=O)=O)c(N)c1. The number of aryl methyl sites for hydroxylation is 1. The highest BCUT2D eigenvalue weighted by atomic mass is 32.2. The minimum atomic E-state index is -3.25. The average Bonchev–Trinajstić information content (AvgIpc) is 2.62. The van der Waals surface area contributed by atoms with Gasteiger partial charge in [-0.15, -0.1) is 0 Å². The Balaban J connectivity index is 2.02. The maximum atomic E-state index is 11.8. The zero-order chi connectivity index (χ0) is 14.0. The molecule has 1 fully saturated rings. The second kappa shape index (κ2) is 5.18. The van der Waals surface area contributed by atoms with Crippen molar-refractivity contribution in [1.82, 2.24) is 4.31 Å². The number of nitrogens with two attached hydrogens (primary N) is 1. The second-order valence-corrected chi connectivity index (χ2v) is 6.73. The third-order valence-corrected chi connectivity index (χ3v) is 4.91. The van der Waals surface area contributed by atoms with Crippen LogP contribution in [0.4, 0.5) is 11.4 Å². The van der Waals surface area contributed by atoms with Crippen LogP contribution in [-0.2, 0) is 14.8 Å². The predicted octanol–water partition coefficient (Wildman–Crippen LogP) is 0.551. The van der Waals surface area contributed by atoms with E-state index in [0.717, 1.165) is 5.56 Å². The van der Waals surface area contributed by atoms with Crippen molar-refractivity contribution in [1.29, 1.82) is 0 Å². The van der Waals surface area contributed by atoms with E-state index in [-0.39, 0.29) is 18.2 Å². The van der Waals surface area contributed by atoms with Gasteiger partial charge in [0, 0.05) is 6.54 Å². The number of amides is 1. The summed E-state index contributed by atoms with van der Waals surface area (Å²) in [6.45, 7) is 2.15. The highest BCUT2D eigenvalue weighted by Gasteiger charge is 2.29. The van der Waals surface area contributed by atoms with Crippen LogP contribution in [0.2, 0.25) is 0 Å². The van der Waals surface area contributed by atoms with Crippen LogP contribution in [0, 0.1) is 6.92 Å². The molecule has 6 nitrogen and oxygen atoms in total. The predicted molar refractivity (Wildman–Crippen MR) is 74.2 cm³/mol. The molecule has 1 aromatic rings. The number of carbonyl (C=O) groups excluding carboxylic acids is 1. The standard InChI is InChI=1S/C12H17N3O3S/c1-9-3-4-11(10(13)7-9)14-12(16)8-15-5-2-6-19(15,17)18/h3-4,7H,2,5-6,8,13H2,1H3,(H,14,16). The highest BCUT2D eigenvalue weighted by molar-refractivity contribution is 7.89. The smallest absolute Gasteiger partial charge is 0.239 e. The first-order valence-electron chi connectivity index (χ1n) is 6.02. The van der Waals surface area contributed by atoms with Gasteiger partial charge in [-0.2, -0.15) is 4.31 Å². The molecule has 7 heteroatoms. The number of nitrogens with zero attached hydrogens (tertiary/aromatic N) is 1. The zero-order valence-electron chi connectivity index (χ0n) is 10.7. The summed E-state index contributed by atoms with van der Waals surface area (Å²) >= 11 is 0. The number of benzene rings is 1. The Hall–Kier alpha value is -1.60. The number of carbonyl (C=O) groups is 1. The van der Waals surface area contributed by atoms with Crippen LogP contribution in [0.25, 0.3) is 0 Å². The quantitative estimate of drug-likeness (QED) is 0.792. The Bertz CT molecular complexity index is 598. The number of hydrogen-bond donors (Lipinski definition) is 2. The largest absolute Gasteiger partial charge is 0.397 e. The maximum Gasteiger partial charge on any atom is 0.239 e. The van der Waals surface area contributed by atoms with Crippen LogP contribution in [-0.4, -0.2) is 37.5 Å². The number of hydrogen-bond acceptors (Lipinski definition) is 4. The lowest BCUT2D eigenvalue weighted by molar-refractivity contribution is -0.116. The Labute approximate surface area is 112 Å². The van der Waals surface area contributed by atoms with Crippen LogP contribution in [0.3, 0.4) is 0 Å². The van der Waals surface area contributed by atoms with E-state index in [1.54, 1.807) is 12.1 Å². The fourth-order valence-electron chi connectivity index (χ4n) is 2.01. The van der Waals surface area contributed by atoms with Crippen molar-refractivity contribution in [2.45, 2.75) is 13.3 Å². The molecular weight excluding hydrogens is 266 g/mol. The summed E-state index contributed by atoms with van der Waals surface area (Å²) in [6.07, 6.45) is 0.572. The summed E-state index contributed by atoms with van der Waals surface area (Å²) in [5.41, 5.74) is 7.76. The Kier molecular flexibility index (Phi) is 3.77. The first kappa shape index (κ1) is 13.8. The first-order chi connectivity index (χ1) is 8.88. The summed E-state index contributed by atoms with van der Waals surface area (Å²) in [5.74, 6) is -0.256. The van der Waals surface area contributed by atoms with E-state index in [2.05, 4.69) is 5.32 Å². The van der Waals surface area contributed by atoms with E-state index in [4.69, 9.17) is 5.73 Å². The topological polar surface area (TPSA) is 92.5 Å². The summed E-state index contributed by atoms with van der Waals surface area (Å²) < 4.78 is 24.4. The van der Waals surface area contributed by atoms with Crippen LogP contribution in [0.1, 0.15) is 12.0 Å². The van der Waals surface area contributed by atoms with Crippen LogP contribution < -0.4 is 11.1 Å². The molecule has 19 heavy (non-hydrogen) atoms. The number of sulfonamides is 1. The molecule has 104 valence electrons. The van der Waals surface area contributed by atoms with Crippen LogP contribution in [0.5, 0.6) is 0 Å². The molecule has 1 amide bonds. The fraction of sp³-hybridized carbons (Fsp3) is 0.417. The van der Waals surface area contributed by atoms with E-state index < -0.39 is 10.0 Å². The van der Waals surface area contributed by atoms with Gasteiger partial charge >= 0.3 is 0 Å². The van der Waals surface area contributed by atoms with E-state index in [1.165, 1.54) is 4.31 Å². The molecule has 0 saturated carbocycles. The van der Waals surface area contributed by atoms with E-state index in [0.29, 0.717) is 24.3 Å². The highest BCUT2D eigenvalue weighted by Crippen LogP contribution is 2.20. The van der Waals surface area contributed by atoms with Gasteiger partial charge in [0.1, 0.15) is 0 Å². The van der Waals surface area contributed by atoms with Gasteiger partial charge < -0.3 is 11.1 Å². The molecule has 1 aromatic carbocycles. The van der Waals surface area contributed by atoms with Gasteiger partial charge in [0.15, 0.2) is 0 Å². The first-order valence-corrected chi connectivity index (χ1v) is 7.63. The number of rotatable bonds is 3. The van der Waals surface area contributed by atoms with E-state index in [9.17, 15) is 13.2 Å². The van der Waals surface area contributed by atoms with Gasteiger partial charge in [0.05, 0.1) is 23.7 Å². The molecule has 2 rings (SSSR count). The molecule has 1 saturated heterocycles. The lowest BCUT2D eigenvalue weighted by Crippen LogP contribution is -2.34. The third-order valence-electron chi connectivity index (χ3n) is 3.00. The van der Waals surface area contributed by atoms with Crippen molar-refractivity contribution in [3.05, 3.63) is 23.8 Å². The van der Waals surface area contributed by atoms with Crippen molar-refractivity contribution in [2.75, 3.05) is 29.9 Å². The molecule has 0 spiro atoms. The molecule has 1 aliphatic heterocycles. The number of nitrogens with one attached hydrogen (secondary N) is 1. The molecule has 0 aliphatic carbocycles. The second-order valence-electron chi connectivity index (χ2n) is 4.64. The summed E-state index contributed by atoms with van der Waals surface area (Å²) in [4.78, 5) is 11.8. The van der Waals surface area contributed by atoms with Crippen LogP contribution in [0.15, 0.2) is 18.2 Å². The van der Waals surface area contributed by atoms with Gasteiger partial charge in [-0.05, 0) is 31.0 Å². The molecule has 0 bridgehead atoms. The van der Waals surface area contributed by atoms with Gasteiger partial charge in [-0.25, -0.2) is 8.42 Å². The monoisotopic (exact) mass is 283 g/mol. The number of nitrogen functional groups attached to an aromatic ring is 1. The van der Waals surface area contributed by atoms with Crippen molar-refractivity contribution in [2.24, 2.45) is 0 Å². The summed E-state index contributed by atoms with van der Waals surface area (Å²) in [6, 6.07) is 5.29. The maximum absolute atomic E-state index is 11.8. The molecular formula is C12H17N3O3S. The summed E-state index contributed by atoms with van der Waals surface area (Å²) in [7, 11) is -3.25. The lowest BCUT2D eigenvalue weighted by Gasteiger charge is -2.14. The summed E-state index contributed by atoms with van der Waals surface area (Å²) in [5, 5.41) is 2.63. The van der Waals surface area contributed by atoms with Crippen LogP contribution >= 0.6 is 0 Å². The minimum absolute atomic E-state index is 0.118. The Morgan fingerprint density at radius 3 is 2.79 bits per heavy atom. The molecule has 1 aliphatic rings. The molecule has 3 N–H and O–H groups in total. The van der Waals surface area contributed by atoms with Gasteiger partial charge in [0.2, 0.25) is 15.9 Å².